The molecule has 0 aromatic carbocycles. The molecule has 1 rings (SSSR count). The zero-order chi connectivity index (χ0) is 16.4. The van der Waals surface area contributed by atoms with Crippen LogP contribution in [0, 0.1) is 11.3 Å². The van der Waals surface area contributed by atoms with Crippen LogP contribution in [0.1, 0.15) is 33.6 Å². The maximum absolute atomic E-state index is 12.9. The van der Waals surface area contributed by atoms with E-state index in [0.717, 1.165) is 0 Å². The Hall–Kier alpha value is -1.47. The molecule has 2 atom stereocenters. The van der Waals surface area contributed by atoms with Crippen LogP contribution >= 0.6 is 0 Å². The lowest BCUT2D eigenvalue weighted by Crippen LogP contribution is -2.54. The molecule has 0 aliphatic carbocycles. The topological polar surface area (TPSA) is 66.8 Å². The van der Waals surface area contributed by atoms with Crippen LogP contribution in [0.4, 0.5) is 18.0 Å². The van der Waals surface area contributed by atoms with Gasteiger partial charge in [-0.1, -0.05) is 20.8 Å². The van der Waals surface area contributed by atoms with E-state index in [4.69, 9.17) is 9.84 Å². The summed E-state index contributed by atoms with van der Waals surface area (Å²) in [5.41, 5.74) is -0.277. The highest BCUT2D eigenvalue weighted by Crippen LogP contribution is 2.35. The fourth-order valence-electron chi connectivity index (χ4n) is 2.12. The highest BCUT2D eigenvalue weighted by Gasteiger charge is 2.50. The molecule has 1 aliphatic rings. The zero-order valence-electron chi connectivity index (χ0n) is 12.2. The van der Waals surface area contributed by atoms with Crippen molar-refractivity contribution >= 4 is 12.1 Å². The Morgan fingerprint density at radius 3 is 2.29 bits per heavy atom. The monoisotopic (exact) mass is 311 g/mol. The number of halogens is 3. The van der Waals surface area contributed by atoms with Crippen LogP contribution in [0.5, 0.6) is 0 Å². The van der Waals surface area contributed by atoms with Gasteiger partial charge in [0, 0.05) is 6.54 Å². The standard InChI is InChI=1S/C13H20F3NO4/c1-12(2,3)7-21-10(18)8-4-5-17(11(19)20)9(6-8)13(14,15)16/h8-9H,4-7H2,1-3H3,(H,19,20). The number of ether oxygens (including phenoxy) is 1. The SMILES string of the molecule is CC(C)(C)COC(=O)C1CCN(C(=O)O)C(C(F)(F)F)C1. The van der Waals surface area contributed by atoms with Crippen molar-refractivity contribution in [3.05, 3.63) is 0 Å². The number of nitrogens with zero attached hydrogens (tertiary/aromatic N) is 1. The van der Waals surface area contributed by atoms with E-state index in [1.165, 1.54) is 0 Å². The second kappa shape index (κ2) is 6.11. The predicted octanol–water partition coefficient (Wildman–Crippen LogP) is 2.90. The third-order valence-corrected chi connectivity index (χ3v) is 3.21. The zero-order valence-corrected chi connectivity index (χ0v) is 12.2. The first-order valence-electron chi connectivity index (χ1n) is 6.65. The number of hydrogen-bond acceptors (Lipinski definition) is 3. The molecule has 0 saturated carbocycles. The van der Waals surface area contributed by atoms with Crippen LogP contribution in [0.15, 0.2) is 0 Å². The molecule has 122 valence electrons. The van der Waals surface area contributed by atoms with Crippen molar-refractivity contribution in [1.29, 1.82) is 0 Å². The van der Waals surface area contributed by atoms with Gasteiger partial charge in [0.15, 0.2) is 0 Å². The molecule has 8 heteroatoms. The Labute approximate surface area is 121 Å². The molecule has 0 spiro atoms. The molecule has 1 N–H and O–H groups in total. The minimum absolute atomic E-state index is 0.0435. The molecule has 1 amide bonds. The molecular formula is C13H20F3NO4. The molecule has 0 bridgehead atoms. The molecule has 1 fully saturated rings. The lowest BCUT2D eigenvalue weighted by atomic mass is 9.90. The smallest absolute Gasteiger partial charge is 0.408 e. The van der Waals surface area contributed by atoms with E-state index in [1.807, 2.05) is 20.8 Å². The Bertz CT molecular complexity index is 403. The number of piperidine rings is 1. The maximum atomic E-state index is 12.9. The van der Waals surface area contributed by atoms with E-state index < -0.39 is 36.6 Å². The summed E-state index contributed by atoms with van der Waals surface area (Å²) in [6.07, 6.45) is -6.86. The first-order chi connectivity index (χ1) is 9.42. The number of carbonyl (C=O) groups is 2. The highest BCUT2D eigenvalue weighted by atomic mass is 19.4. The quantitative estimate of drug-likeness (QED) is 0.796. The minimum atomic E-state index is -4.69. The number of hydrogen-bond donors (Lipinski definition) is 1. The van der Waals surface area contributed by atoms with Crippen molar-refractivity contribution in [2.45, 2.75) is 45.8 Å². The summed E-state index contributed by atoms with van der Waals surface area (Å²) >= 11 is 0. The Morgan fingerprint density at radius 1 is 1.29 bits per heavy atom. The van der Waals surface area contributed by atoms with E-state index in [1.54, 1.807) is 0 Å². The largest absolute Gasteiger partial charge is 0.465 e. The van der Waals surface area contributed by atoms with Crippen molar-refractivity contribution in [1.82, 2.24) is 4.90 Å². The molecule has 1 heterocycles. The molecule has 0 aromatic heterocycles. The van der Waals surface area contributed by atoms with Crippen molar-refractivity contribution in [3.8, 4) is 0 Å². The normalized spacial score (nSPS) is 23.8. The van der Waals surface area contributed by atoms with Gasteiger partial charge in [-0.15, -0.1) is 0 Å². The average Bonchev–Trinajstić information content (AvgIpc) is 2.33. The van der Waals surface area contributed by atoms with Gasteiger partial charge in [-0.2, -0.15) is 13.2 Å². The van der Waals surface area contributed by atoms with Crippen molar-refractivity contribution < 1.29 is 32.6 Å². The summed E-state index contributed by atoms with van der Waals surface area (Å²) in [5.74, 6) is -1.61. The number of alkyl halides is 3. The molecule has 5 nitrogen and oxygen atoms in total. The van der Waals surface area contributed by atoms with Gasteiger partial charge in [-0.3, -0.25) is 9.69 Å². The molecule has 21 heavy (non-hydrogen) atoms. The number of esters is 1. The van der Waals surface area contributed by atoms with Crippen molar-refractivity contribution in [3.63, 3.8) is 0 Å². The molecule has 2 unspecified atom stereocenters. The first-order valence-corrected chi connectivity index (χ1v) is 6.65. The summed E-state index contributed by atoms with van der Waals surface area (Å²) in [6.45, 7) is 5.31. The molecule has 1 aliphatic heterocycles. The summed E-state index contributed by atoms with van der Waals surface area (Å²) in [4.78, 5) is 23.0. The molecular weight excluding hydrogens is 291 g/mol. The van der Waals surface area contributed by atoms with Gasteiger partial charge < -0.3 is 9.84 Å². The Morgan fingerprint density at radius 2 is 1.86 bits per heavy atom. The van der Waals surface area contributed by atoms with E-state index in [2.05, 4.69) is 0 Å². The van der Waals surface area contributed by atoms with Crippen LogP contribution in [0.25, 0.3) is 0 Å². The third-order valence-electron chi connectivity index (χ3n) is 3.21. The molecule has 0 aromatic rings. The minimum Gasteiger partial charge on any atom is -0.465 e. The maximum Gasteiger partial charge on any atom is 0.408 e. The lowest BCUT2D eigenvalue weighted by Gasteiger charge is -2.37. The number of likely N-dealkylation sites (tertiary alicyclic amines) is 1. The lowest BCUT2D eigenvalue weighted by molar-refractivity contribution is -0.193. The van der Waals surface area contributed by atoms with Gasteiger partial charge in [-0.05, 0) is 18.3 Å². The van der Waals surface area contributed by atoms with E-state index in [9.17, 15) is 22.8 Å². The summed E-state index contributed by atoms with van der Waals surface area (Å²) < 4.78 is 43.7. The Balaban J connectivity index is 2.72. The summed E-state index contributed by atoms with van der Waals surface area (Å²) in [7, 11) is 0. The van der Waals surface area contributed by atoms with Crippen LogP contribution in [-0.4, -0.2) is 47.4 Å². The van der Waals surface area contributed by atoms with Crippen LogP contribution in [0.2, 0.25) is 0 Å². The van der Waals surface area contributed by atoms with Gasteiger partial charge in [0.05, 0.1) is 12.5 Å². The van der Waals surface area contributed by atoms with Crippen LogP contribution in [-0.2, 0) is 9.53 Å². The first kappa shape index (κ1) is 17.6. The van der Waals surface area contributed by atoms with Gasteiger partial charge in [-0.25, -0.2) is 4.79 Å². The second-order valence-electron chi connectivity index (χ2n) is 6.42. The van der Waals surface area contributed by atoms with Crippen molar-refractivity contribution in [2.24, 2.45) is 11.3 Å². The van der Waals surface area contributed by atoms with E-state index >= 15 is 0 Å². The number of rotatable bonds is 2. The Kier molecular flexibility index (Phi) is 5.11. The third kappa shape index (κ3) is 5.09. The summed E-state index contributed by atoms with van der Waals surface area (Å²) in [6, 6.07) is -2.16. The van der Waals surface area contributed by atoms with E-state index in [0.29, 0.717) is 4.90 Å². The molecule has 0 radical (unpaired) electrons. The van der Waals surface area contributed by atoms with Gasteiger partial charge in [0.2, 0.25) is 0 Å². The molecule has 1 saturated heterocycles. The van der Waals surface area contributed by atoms with Gasteiger partial charge in [0.1, 0.15) is 6.04 Å². The predicted molar refractivity (Wildman–Crippen MR) is 67.7 cm³/mol. The van der Waals surface area contributed by atoms with Crippen LogP contribution < -0.4 is 0 Å². The number of amides is 1. The fourth-order valence-corrected chi connectivity index (χ4v) is 2.12. The van der Waals surface area contributed by atoms with E-state index in [-0.39, 0.29) is 25.0 Å². The van der Waals surface area contributed by atoms with Gasteiger partial charge >= 0.3 is 18.2 Å². The van der Waals surface area contributed by atoms with Crippen LogP contribution in [0.3, 0.4) is 0 Å². The number of carboxylic acid groups (broad SMARTS) is 1. The van der Waals surface area contributed by atoms with Gasteiger partial charge in [0.25, 0.3) is 0 Å². The fraction of sp³-hybridized carbons (Fsp3) is 0.846. The van der Waals surface area contributed by atoms with Crippen molar-refractivity contribution in [2.75, 3.05) is 13.2 Å². The summed E-state index contributed by atoms with van der Waals surface area (Å²) in [5, 5.41) is 8.82. The number of carbonyl (C=O) groups excluding carboxylic acids is 1. The highest BCUT2D eigenvalue weighted by molar-refractivity contribution is 5.73. The second-order valence-corrected chi connectivity index (χ2v) is 6.42. The average molecular weight is 311 g/mol.